The van der Waals surface area contributed by atoms with Crippen LogP contribution in [0.3, 0.4) is 0 Å². The third kappa shape index (κ3) is 5.44. The predicted molar refractivity (Wildman–Crippen MR) is 105 cm³/mol. The fourth-order valence-corrected chi connectivity index (χ4v) is 4.80. The van der Waals surface area contributed by atoms with Crippen molar-refractivity contribution in [3.8, 4) is 11.5 Å². The summed E-state index contributed by atoms with van der Waals surface area (Å²) >= 11 is 1.10. The van der Waals surface area contributed by atoms with Crippen molar-refractivity contribution in [1.29, 1.82) is 0 Å². The van der Waals surface area contributed by atoms with Crippen LogP contribution in [0.1, 0.15) is 19.4 Å². The molecule has 0 saturated carbocycles. The molecule has 1 heterocycles. The lowest BCUT2D eigenvalue weighted by atomic mass is 10.0. The van der Waals surface area contributed by atoms with Gasteiger partial charge in [-0.05, 0) is 35.6 Å². The SMILES string of the molecule is COc1ccc(OC)c(CNC(=O)[C@H](NS(=O)(=O)c2cccs2)C(C)C)c1. The Hall–Kier alpha value is -2.10. The van der Waals surface area contributed by atoms with Crippen LogP contribution >= 0.6 is 11.3 Å². The molecule has 1 amide bonds. The van der Waals surface area contributed by atoms with Crippen LogP contribution in [0, 0.1) is 5.92 Å². The summed E-state index contributed by atoms with van der Waals surface area (Å²) in [6.45, 7) is 3.75. The van der Waals surface area contributed by atoms with Gasteiger partial charge in [-0.1, -0.05) is 19.9 Å². The number of hydrogen-bond donors (Lipinski definition) is 2. The second-order valence-corrected chi connectivity index (χ2v) is 9.06. The molecule has 1 aromatic heterocycles. The van der Waals surface area contributed by atoms with Crippen molar-refractivity contribution in [2.24, 2.45) is 5.92 Å². The van der Waals surface area contributed by atoms with Crippen LogP contribution in [0.15, 0.2) is 39.9 Å². The van der Waals surface area contributed by atoms with Gasteiger partial charge in [0.2, 0.25) is 5.91 Å². The molecule has 7 nitrogen and oxygen atoms in total. The van der Waals surface area contributed by atoms with E-state index in [1.54, 1.807) is 57.7 Å². The Bertz CT molecular complexity index is 864. The predicted octanol–water partition coefficient (Wildman–Crippen LogP) is 2.38. The minimum absolute atomic E-state index is 0.176. The summed E-state index contributed by atoms with van der Waals surface area (Å²) in [7, 11) is -0.655. The van der Waals surface area contributed by atoms with Gasteiger partial charge in [0.15, 0.2) is 0 Å². The molecule has 1 atom stereocenters. The second-order valence-electron chi connectivity index (χ2n) is 6.17. The summed E-state index contributed by atoms with van der Waals surface area (Å²) < 4.78 is 38.1. The van der Waals surface area contributed by atoms with Crippen LogP contribution in [-0.4, -0.2) is 34.6 Å². The standard InChI is InChI=1S/C18H24N2O5S2/c1-12(2)17(20-27(22,23)16-6-5-9-26-16)18(21)19-11-13-10-14(24-3)7-8-15(13)25-4/h5-10,12,17,20H,11H2,1-4H3,(H,19,21)/t17-/m1/s1. The third-order valence-electron chi connectivity index (χ3n) is 3.93. The van der Waals surface area contributed by atoms with Crippen LogP contribution in [0.25, 0.3) is 0 Å². The molecule has 2 rings (SSSR count). The zero-order valence-corrected chi connectivity index (χ0v) is 17.3. The van der Waals surface area contributed by atoms with E-state index < -0.39 is 22.0 Å². The third-order valence-corrected chi connectivity index (χ3v) is 6.77. The van der Waals surface area contributed by atoms with E-state index in [4.69, 9.17) is 9.47 Å². The average molecular weight is 413 g/mol. The Morgan fingerprint density at radius 2 is 1.93 bits per heavy atom. The van der Waals surface area contributed by atoms with Gasteiger partial charge in [-0.3, -0.25) is 4.79 Å². The molecule has 0 aliphatic rings. The highest BCUT2D eigenvalue weighted by atomic mass is 32.2. The van der Waals surface area contributed by atoms with E-state index in [9.17, 15) is 13.2 Å². The van der Waals surface area contributed by atoms with Gasteiger partial charge in [-0.2, -0.15) is 4.72 Å². The van der Waals surface area contributed by atoms with Gasteiger partial charge in [-0.25, -0.2) is 8.42 Å². The molecule has 27 heavy (non-hydrogen) atoms. The summed E-state index contributed by atoms with van der Waals surface area (Å²) in [5, 5.41) is 4.45. The number of methoxy groups -OCH3 is 2. The van der Waals surface area contributed by atoms with Gasteiger partial charge in [-0.15, -0.1) is 11.3 Å². The summed E-state index contributed by atoms with van der Waals surface area (Å²) in [5.41, 5.74) is 0.730. The normalized spacial score (nSPS) is 12.6. The second kappa shape index (κ2) is 9.20. The van der Waals surface area contributed by atoms with Crippen LogP contribution in [0.4, 0.5) is 0 Å². The molecule has 0 fully saturated rings. The minimum Gasteiger partial charge on any atom is -0.497 e. The molecule has 148 valence electrons. The maximum atomic E-state index is 12.7. The van der Waals surface area contributed by atoms with Gasteiger partial charge in [0.1, 0.15) is 21.8 Å². The molecule has 0 saturated heterocycles. The van der Waals surface area contributed by atoms with Gasteiger partial charge >= 0.3 is 0 Å². The smallest absolute Gasteiger partial charge is 0.250 e. The Kier molecular flexibility index (Phi) is 7.23. The van der Waals surface area contributed by atoms with Crippen LogP contribution < -0.4 is 19.5 Å². The first-order chi connectivity index (χ1) is 12.8. The van der Waals surface area contributed by atoms with Gasteiger partial charge < -0.3 is 14.8 Å². The van der Waals surface area contributed by atoms with E-state index in [1.807, 2.05) is 0 Å². The van der Waals surface area contributed by atoms with Gasteiger partial charge in [0, 0.05) is 12.1 Å². The van der Waals surface area contributed by atoms with E-state index in [0.717, 1.165) is 16.9 Å². The molecule has 0 spiro atoms. The van der Waals surface area contributed by atoms with Crippen molar-refractivity contribution in [3.63, 3.8) is 0 Å². The first-order valence-electron chi connectivity index (χ1n) is 8.33. The van der Waals surface area contributed by atoms with Crippen molar-refractivity contribution in [2.45, 2.75) is 30.6 Å². The molecule has 0 unspecified atom stereocenters. The van der Waals surface area contributed by atoms with E-state index in [0.29, 0.717) is 11.5 Å². The number of nitrogens with one attached hydrogen (secondary N) is 2. The van der Waals surface area contributed by atoms with Crippen molar-refractivity contribution in [2.75, 3.05) is 14.2 Å². The average Bonchev–Trinajstić information content (AvgIpc) is 3.19. The Labute approximate surface area is 163 Å². The Morgan fingerprint density at radius 3 is 2.48 bits per heavy atom. The number of amides is 1. The molecule has 0 aliphatic heterocycles. The fourth-order valence-electron chi connectivity index (χ4n) is 2.45. The molecule has 0 aliphatic carbocycles. The number of ether oxygens (including phenoxy) is 2. The van der Waals surface area contributed by atoms with Crippen molar-refractivity contribution in [3.05, 3.63) is 41.3 Å². The van der Waals surface area contributed by atoms with Crippen LogP contribution in [0.2, 0.25) is 0 Å². The first-order valence-corrected chi connectivity index (χ1v) is 10.7. The van der Waals surface area contributed by atoms with Gasteiger partial charge in [0.25, 0.3) is 10.0 Å². The quantitative estimate of drug-likeness (QED) is 0.660. The highest BCUT2D eigenvalue weighted by molar-refractivity contribution is 7.91. The van der Waals surface area contributed by atoms with Crippen molar-refractivity contribution in [1.82, 2.24) is 10.0 Å². The first kappa shape index (κ1) is 21.2. The molecular formula is C18H24N2O5S2. The number of benzene rings is 1. The molecule has 9 heteroatoms. The lowest BCUT2D eigenvalue weighted by Crippen LogP contribution is -2.49. The Morgan fingerprint density at radius 1 is 1.19 bits per heavy atom. The largest absolute Gasteiger partial charge is 0.497 e. The molecule has 0 bridgehead atoms. The minimum atomic E-state index is -3.75. The lowest BCUT2D eigenvalue weighted by Gasteiger charge is -2.21. The van der Waals surface area contributed by atoms with Crippen LogP contribution in [-0.2, 0) is 21.4 Å². The zero-order valence-electron chi connectivity index (χ0n) is 15.7. The van der Waals surface area contributed by atoms with E-state index in [-0.39, 0.29) is 16.7 Å². The fraction of sp³-hybridized carbons (Fsp3) is 0.389. The Balaban J connectivity index is 2.12. The highest BCUT2D eigenvalue weighted by Gasteiger charge is 2.28. The van der Waals surface area contributed by atoms with Crippen LogP contribution in [0.5, 0.6) is 11.5 Å². The topological polar surface area (TPSA) is 93.7 Å². The molecule has 0 radical (unpaired) electrons. The van der Waals surface area contributed by atoms with Crippen molar-refractivity contribution >= 4 is 27.3 Å². The number of rotatable bonds is 9. The zero-order chi connectivity index (χ0) is 20.0. The summed E-state index contributed by atoms with van der Waals surface area (Å²) in [6, 6.07) is 7.53. The number of carbonyl (C=O) groups excluding carboxylic acids is 1. The van der Waals surface area contributed by atoms with E-state index in [2.05, 4.69) is 10.0 Å². The number of thiophene rings is 1. The molecule has 2 N–H and O–H groups in total. The van der Waals surface area contributed by atoms with Gasteiger partial charge in [0.05, 0.1) is 14.2 Å². The van der Waals surface area contributed by atoms with E-state index >= 15 is 0 Å². The number of carbonyl (C=O) groups is 1. The maximum absolute atomic E-state index is 12.7. The molecule has 2 aromatic rings. The van der Waals surface area contributed by atoms with Crippen molar-refractivity contribution < 1.29 is 22.7 Å². The highest BCUT2D eigenvalue weighted by Crippen LogP contribution is 2.24. The molecule has 1 aromatic carbocycles. The monoisotopic (exact) mass is 412 g/mol. The molecular weight excluding hydrogens is 388 g/mol. The summed E-state index contributed by atoms with van der Waals surface area (Å²) in [5.74, 6) is 0.608. The van der Waals surface area contributed by atoms with E-state index in [1.165, 1.54) is 6.07 Å². The summed E-state index contributed by atoms with van der Waals surface area (Å²) in [6.07, 6.45) is 0. The summed E-state index contributed by atoms with van der Waals surface area (Å²) in [4.78, 5) is 12.7. The number of sulfonamides is 1. The number of hydrogen-bond acceptors (Lipinski definition) is 6. The lowest BCUT2D eigenvalue weighted by molar-refractivity contribution is -0.123. The maximum Gasteiger partial charge on any atom is 0.250 e.